The smallest absolute Gasteiger partial charge is 0.243 e. The Hall–Kier alpha value is -1.90. The third kappa shape index (κ3) is 4.34. The molecule has 1 fully saturated rings. The Morgan fingerprint density at radius 1 is 1.11 bits per heavy atom. The topological polar surface area (TPSA) is 78.4 Å². The van der Waals surface area contributed by atoms with Crippen LogP contribution >= 0.6 is 11.6 Å². The van der Waals surface area contributed by atoms with Crippen LogP contribution in [-0.2, 0) is 10.0 Å². The second-order valence-electron chi connectivity index (χ2n) is 6.52. The molecule has 0 unspecified atom stereocenters. The summed E-state index contributed by atoms with van der Waals surface area (Å²) in [5.74, 6) is 1.41. The number of aromatic nitrogens is 2. The molecule has 27 heavy (non-hydrogen) atoms. The maximum Gasteiger partial charge on any atom is 0.243 e. The van der Waals surface area contributed by atoms with E-state index in [0.29, 0.717) is 42.7 Å². The Morgan fingerprint density at radius 3 is 2.48 bits per heavy atom. The zero-order chi connectivity index (χ0) is 19.6. The van der Waals surface area contributed by atoms with Crippen molar-refractivity contribution in [2.45, 2.75) is 25.7 Å². The predicted octanol–water partition coefficient (Wildman–Crippen LogP) is 2.69. The van der Waals surface area contributed by atoms with Crippen LogP contribution in [0.15, 0.2) is 29.2 Å². The summed E-state index contributed by atoms with van der Waals surface area (Å²) in [5, 5.41) is 3.55. The maximum atomic E-state index is 13.0. The van der Waals surface area contributed by atoms with Crippen molar-refractivity contribution < 1.29 is 8.42 Å². The fourth-order valence-corrected chi connectivity index (χ4v) is 5.01. The van der Waals surface area contributed by atoms with Gasteiger partial charge in [-0.2, -0.15) is 9.29 Å². The number of anilines is 2. The molecule has 2 aromatic rings. The van der Waals surface area contributed by atoms with Crippen LogP contribution < -0.4 is 10.2 Å². The van der Waals surface area contributed by atoms with Crippen molar-refractivity contribution in [1.29, 1.82) is 0 Å². The molecule has 1 aliphatic rings. The van der Waals surface area contributed by atoms with Crippen LogP contribution in [0.3, 0.4) is 0 Å². The van der Waals surface area contributed by atoms with Crippen molar-refractivity contribution in [2.75, 3.05) is 42.9 Å². The molecule has 1 saturated heterocycles. The van der Waals surface area contributed by atoms with E-state index in [1.54, 1.807) is 19.1 Å². The predicted molar refractivity (Wildman–Crippen MR) is 108 cm³/mol. The lowest BCUT2D eigenvalue weighted by molar-refractivity contribution is 0.383. The summed E-state index contributed by atoms with van der Waals surface area (Å²) in [7, 11) is -3.57. The Bertz CT molecular complexity index is 927. The van der Waals surface area contributed by atoms with Gasteiger partial charge < -0.3 is 10.2 Å². The van der Waals surface area contributed by atoms with E-state index >= 15 is 0 Å². The molecular formula is C18H24ClN5O2S. The summed E-state index contributed by atoms with van der Waals surface area (Å²) >= 11 is 6.01. The number of benzene rings is 1. The average Bonchev–Trinajstić information content (AvgIpc) is 2.63. The van der Waals surface area contributed by atoms with Crippen LogP contribution in [0.5, 0.6) is 0 Å². The standard InChI is InChI=1S/C18H24ClN5O2S/c1-4-20-18-21-14(3)11-17(22-18)23-7-9-24(10-8-23)27(25,26)16-12-15(19)6-5-13(16)2/h5-6,11-12H,4,7-10H2,1-3H3,(H,20,21,22). The Morgan fingerprint density at radius 2 is 1.81 bits per heavy atom. The highest BCUT2D eigenvalue weighted by Crippen LogP contribution is 2.25. The molecule has 0 spiro atoms. The largest absolute Gasteiger partial charge is 0.354 e. The molecular weight excluding hydrogens is 386 g/mol. The molecule has 0 atom stereocenters. The number of aryl methyl sites for hydroxylation is 2. The Kier molecular flexibility index (Phi) is 5.88. The fraction of sp³-hybridized carbons (Fsp3) is 0.444. The molecule has 0 bridgehead atoms. The van der Waals surface area contributed by atoms with Gasteiger partial charge in [0, 0.05) is 49.5 Å². The van der Waals surface area contributed by atoms with Gasteiger partial charge in [-0.25, -0.2) is 13.4 Å². The molecule has 1 aromatic carbocycles. The SMILES string of the molecule is CCNc1nc(C)cc(N2CCN(S(=O)(=O)c3cc(Cl)ccc3C)CC2)n1. The van der Waals surface area contributed by atoms with E-state index < -0.39 is 10.0 Å². The monoisotopic (exact) mass is 409 g/mol. The molecule has 0 amide bonds. The highest BCUT2D eigenvalue weighted by atomic mass is 35.5. The van der Waals surface area contributed by atoms with Crippen LogP contribution in [0, 0.1) is 13.8 Å². The Labute approximate surface area is 165 Å². The van der Waals surface area contributed by atoms with E-state index in [1.807, 2.05) is 19.9 Å². The van der Waals surface area contributed by atoms with E-state index in [0.717, 1.165) is 18.1 Å². The molecule has 0 aliphatic carbocycles. The third-order valence-corrected chi connectivity index (χ3v) is 6.78. The molecule has 1 N–H and O–H groups in total. The minimum Gasteiger partial charge on any atom is -0.354 e. The normalized spacial score (nSPS) is 15.8. The molecule has 2 heterocycles. The maximum absolute atomic E-state index is 13.0. The molecule has 1 aromatic heterocycles. The molecule has 146 valence electrons. The first-order chi connectivity index (χ1) is 12.8. The van der Waals surface area contributed by atoms with Gasteiger partial charge in [0.15, 0.2) is 0 Å². The van der Waals surface area contributed by atoms with Gasteiger partial charge in [-0.15, -0.1) is 0 Å². The molecule has 1 aliphatic heterocycles. The summed E-state index contributed by atoms with van der Waals surface area (Å²) in [6, 6.07) is 6.88. The van der Waals surface area contributed by atoms with Crippen molar-refractivity contribution in [3.8, 4) is 0 Å². The average molecular weight is 410 g/mol. The van der Waals surface area contributed by atoms with E-state index in [1.165, 1.54) is 10.4 Å². The quantitative estimate of drug-likeness (QED) is 0.817. The lowest BCUT2D eigenvalue weighted by Crippen LogP contribution is -2.49. The van der Waals surface area contributed by atoms with E-state index in [-0.39, 0.29) is 4.90 Å². The van der Waals surface area contributed by atoms with Crippen LogP contribution in [-0.4, -0.2) is 55.4 Å². The van der Waals surface area contributed by atoms with Crippen molar-refractivity contribution in [1.82, 2.24) is 14.3 Å². The second-order valence-corrected chi connectivity index (χ2v) is 8.87. The van der Waals surface area contributed by atoms with Crippen LogP contribution in [0.1, 0.15) is 18.2 Å². The van der Waals surface area contributed by atoms with Gasteiger partial charge in [-0.1, -0.05) is 17.7 Å². The summed E-state index contributed by atoms with van der Waals surface area (Å²) in [6.45, 7) is 8.38. The molecule has 0 radical (unpaired) electrons. The second kappa shape index (κ2) is 8.00. The van der Waals surface area contributed by atoms with Gasteiger partial charge in [-0.05, 0) is 38.5 Å². The van der Waals surface area contributed by atoms with Gasteiger partial charge in [0.25, 0.3) is 0 Å². The summed E-state index contributed by atoms with van der Waals surface area (Å²) in [5.41, 5.74) is 1.57. The number of rotatable bonds is 5. The van der Waals surface area contributed by atoms with E-state index in [2.05, 4.69) is 20.2 Å². The molecule has 7 nitrogen and oxygen atoms in total. The number of nitrogens with one attached hydrogen (secondary N) is 1. The van der Waals surface area contributed by atoms with Gasteiger partial charge in [-0.3, -0.25) is 0 Å². The van der Waals surface area contributed by atoms with Crippen molar-refractivity contribution >= 4 is 33.4 Å². The number of halogens is 1. The Balaban J connectivity index is 1.76. The van der Waals surface area contributed by atoms with Crippen LogP contribution in [0.2, 0.25) is 5.02 Å². The third-order valence-electron chi connectivity index (χ3n) is 4.51. The van der Waals surface area contributed by atoms with Gasteiger partial charge in [0.05, 0.1) is 4.90 Å². The van der Waals surface area contributed by atoms with Gasteiger partial charge in [0.2, 0.25) is 16.0 Å². The van der Waals surface area contributed by atoms with Gasteiger partial charge in [0.1, 0.15) is 5.82 Å². The number of sulfonamides is 1. The van der Waals surface area contributed by atoms with Crippen molar-refractivity contribution in [3.63, 3.8) is 0 Å². The highest BCUT2D eigenvalue weighted by Gasteiger charge is 2.30. The van der Waals surface area contributed by atoms with Crippen LogP contribution in [0.4, 0.5) is 11.8 Å². The first-order valence-electron chi connectivity index (χ1n) is 8.92. The fourth-order valence-electron chi connectivity index (χ4n) is 3.10. The highest BCUT2D eigenvalue weighted by molar-refractivity contribution is 7.89. The molecule has 0 saturated carbocycles. The lowest BCUT2D eigenvalue weighted by Gasteiger charge is -2.35. The number of piperazine rings is 1. The molecule has 9 heteroatoms. The number of hydrogen-bond donors (Lipinski definition) is 1. The van der Waals surface area contributed by atoms with Crippen LogP contribution in [0.25, 0.3) is 0 Å². The number of nitrogens with zero attached hydrogens (tertiary/aromatic N) is 4. The van der Waals surface area contributed by atoms with Crippen molar-refractivity contribution in [2.24, 2.45) is 0 Å². The van der Waals surface area contributed by atoms with E-state index in [4.69, 9.17) is 11.6 Å². The zero-order valence-electron chi connectivity index (χ0n) is 15.7. The summed E-state index contributed by atoms with van der Waals surface area (Å²) in [4.78, 5) is 11.3. The summed E-state index contributed by atoms with van der Waals surface area (Å²) in [6.07, 6.45) is 0. The minimum absolute atomic E-state index is 0.274. The molecule has 3 rings (SSSR count). The zero-order valence-corrected chi connectivity index (χ0v) is 17.3. The number of hydrogen-bond acceptors (Lipinski definition) is 6. The van der Waals surface area contributed by atoms with Gasteiger partial charge >= 0.3 is 0 Å². The van der Waals surface area contributed by atoms with E-state index in [9.17, 15) is 8.42 Å². The first-order valence-corrected chi connectivity index (χ1v) is 10.7. The van der Waals surface area contributed by atoms with Crippen molar-refractivity contribution in [3.05, 3.63) is 40.5 Å². The minimum atomic E-state index is -3.57. The summed E-state index contributed by atoms with van der Waals surface area (Å²) < 4.78 is 27.5. The lowest BCUT2D eigenvalue weighted by atomic mass is 10.2. The first kappa shape index (κ1) is 19.9.